The first kappa shape index (κ1) is 16.8. The van der Waals surface area contributed by atoms with Crippen LogP contribution in [0.2, 0.25) is 0 Å². The van der Waals surface area contributed by atoms with Gasteiger partial charge in [-0.25, -0.2) is 0 Å². The summed E-state index contributed by atoms with van der Waals surface area (Å²) in [6.45, 7) is 4.18. The van der Waals surface area contributed by atoms with Gasteiger partial charge in [0.1, 0.15) is 0 Å². The van der Waals surface area contributed by atoms with Gasteiger partial charge in [-0.1, -0.05) is 25.8 Å². The Labute approximate surface area is 136 Å². The SMILES string of the molecule is CC1CCC(c2cc(C(F)(F)F)ccc2C2CCNCC2)CC1. The molecule has 4 heteroatoms. The molecular formula is C19H26F3N. The molecule has 0 radical (unpaired) electrons. The Balaban J connectivity index is 1.94. The quantitative estimate of drug-likeness (QED) is 0.760. The van der Waals surface area contributed by atoms with E-state index in [1.165, 1.54) is 17.7 Å². The standard InChI is InChI=1S/C19H26F3N/c1-13-2-4-14(5-3-13)18-12-16(19(20,21)22)6-7-17(18)15-8-10-23-11-9-15/h6-7,12-15,23H,2-5,8-11H2,1H3. The van der Waals surface area contributed by atoms with Crippen molar-refractivity contribution < 1.29 is 13.2 Å². The van der Waals surface area contributed by atoms with Gasteiger partial charge in [0.15, 0.2) is 0 Å². The van der Waals surface area contributed by atoms with Crippen LogP contribution in [0.15, 0.2) is 18.2 Å². The molecule has 1 nitrogen and oxygen atoms in total. The third-order valence-electron chi connectivity index (χ3n) is 5.65. The molecule has 1 aromatic rings. The lowest BCUT2D eigenvalue weighted by Crippen LogP contribution is -2.27. The molecule has 0 spiro atoms. The molecule has 0 unspecified atom stereocenters. The molecule has 1 heterocycles. The van der Waals surface area contributed by atoms with E-state index in [-0.39, 0.29) is 0 Å². The molecule has 23 heavy (non-hydrogen) atoms. The molecule has 0 aromatic heterocycles. The first-order valence-electron chi connectivity index (χ1n) is 8.87. The number of piperidine rings is 1. The van der Waals surface area contributed by atoms with Gasteiger partial charge >= 0.3 is 6.18 Å². The van der Waals surface area contributed by atoms with Crippen LogP contribution < -0.4 is 5.32 Å². The van der Waals surface area contributed by atoms with Gasteiger partial charge in [0.2, 0.25) is 0 Å². The molecule has 1 aliphatic heterocycles. The lowest BCUT2D eigenvalue weighted by atomic mass is 9.75. The minimum atomic E-state index is -4.25. The Morgan fingerprint density at radius 2 is 1.48 bits per heavy atom. The average molecular weight is 325 g/mol. The van der Waals surface area contributed by atoms with Crippen molar-refractivity contribution in [2.75, 3.05) is 13.1 Å². The van der Waals surface area contributed by atoms with Crippen LogP contribution in [0.4, 0.5) is 13.2 Å². The summed E-state index contributed by atoms with van der Waals surface area (Å²) in [5, 5.41) is 3.34. The Hall–Kier alpha value is -1.03. The summed E-state index contributed by atoms with van der Waals surface area (Å²) in [4.78, 5) is 0. The normalized spacial score (nSPS) is 27.1. The number of hydrogen-bond donors (Lipinski definition) is 1. The van der Waals surface area contributed by atoms with E-state index in [2.05, 4.69) is 12.2 Å². The van der Waals surface area contributed by atoms with Crippen molar-refractivity contribution in [3.05, 3.63) is 34.9 Å². The zero-order chi connectivity index (χ0) is 16.4. The first-order valence-corrected chi connectivity index (χ1v) is 8.87. The monoisotopic (exact) mass is 325 g/mol. The van der Waals surface area contributed by atoms with Crippen LogP contribution in [0.3, 0.4) is 0 Å². The molecule has 0 bridgehead atoms. The molecular weight excluding hydrogens is 299 g/mol. The van der Waals surface area contributed by atoms with Crippen molar-refractivity contribution in [2.45, 2.75) is 63.5 Å². The maximum atomic E-state index is 13.2. The highest BCUT2D eigenvalue weighted by atomic mass is 19.4. The minimum absolute atomic E-state index is 0.304. The molecule has 3 rings (SSSR count). The zero-order valence-corrected chi connectivity index (χ0v) is 13.8. The van der Waals surface area contributed by atoms with Crippen molar-refractivity contribution >= 4 is 0 Å². The van der Waals surface area contributed by atoms with E-state index in [1.807, 2.05) is 0 Å². The highest BCUT2D eigenvalue weighted by Gasteiger charge is 2.33. The molecule has 1 saturated carbocycles. The van der Waals surface area contributed by atoms with E-state index in [0.717, 1.165) is 57.2 Å². The van der Waals surface area contributed by atoms with Gasteiger partial charge in [0, 0.05) is 0 Å². The van der Waals surface area contributed by atoms with E-state index in [9.17, 15) is 13.2 Å². The smallest absolute Gasteiger partial charge is 0.317 e. The second kappa shape index (κ2) is 6.84. The van der Waals surface area contributed by atoms with E-state index in [1.54, 1.807) is 6.07 Å². The van der Waals surface area contributed by atoms with Crippen molar-refractivity contribution in [2.24, 2.45) is 5.92 Å². The summed E-state index contributed by atoms with van der Waals surface area (Å²) < 4.78 is 39.5. The third-order valence-corrected chi connectivity index (χ3v) is 5.65. The van der Waals surface area contributed by atoms with Gasteiger partial charge in [0.05, 0.1) is 5.56 Å². The van der Waals surface area contributed by atoms with Crippen LogP contribution in [0.1, 0.15) is 74.0 Å². The predicted molar refractivity (Wildman–Crippen MR) is 86.7 cm³/mol. The van der Waals surface area contributed by atoms with Crippen LogP contribution in [0.5, 0.6) is 0 Å². The fraction of sp³-hybridized carbons (Fsp3) is 0.684. The number of hydrogen-bond acceptors (Lipinski definition) is 1. The lowest BCUT2D eigenvalue weighted by molar-refractivity contribution is -0.137. The molecule has 128 valence electrons. The number of alkyl halides is 3. The van der Waals surface area contributed by atoms with Crippen molar-refractivity contribution in [3.8, 4) is 0 Å². The average Bonchev–Trinajstić information content (AvgIpc) is 2.55. The van der Waals surface area contributed by atoms with Crippen LogP contribution in [0, 0.1) is 5.92 Å². The molecule has 1 saturated heterocycles. The molecule has 1 aliphatic carbocycles. The fourth-order valence-electron chi connectivity index (χ4n) is 4.18. The molecule has 0 amide bonds. The second-order valence-corrected chi connectivity index (χ2v) is 7.32. The molecule has 0 atom stereocenters. The molecule has 2 aliphatic rings. The van der Waals surface area contributed by atoms with E-state index >= 15 is 0 Å². The summed E-state index contributed by atoms with van der Waals surface area (Å²) in [6.07, 6.45) is 2.13. The summed E-state index contributed by atoms with van der Waals surface area (Å²) in [5.74, 6) is 1.42. The fourth-order valence-corrected chi connectivity index (χ4v) is 4.18. The van der Waals surface area contributed by atoms with Gasteiger partial charge in [-0.05, 0) is 79.8 Å². The minimum Gasteiger partial charge on any atom is -0.317 e. The van der Waals surface area contributed by atoms with Crippen LogP contribution in [-0.4, -0.2) is 13.1 Å². The molecule has 1 N–H and O–H groups in total. The van der Waals surface area contributed by atoms with Gasteiger partial charge in [0.25, 0.3) is 0 Å². The van der Waals surface area contributed by atoms with Crippen LogP contribution in [-0.2, 0) is 6.18 Å². The van der Waals surface area contributed by atoms with Crippen molar-refractivity contribution in [3.63, 3.8) is 0 Å². The maximum Gasteiger partial charge on any atom is 0.416 e. The topological polar surface area (TPSA) is 12.0 Å². The maximum absolute atomic E-state index is 13.2. The summed E-state index contributed by atoms with van der Waals surface area (Å²) in [7, 11) is 0. The number of nitrogens with one attached hydrogen (secondary N) is 1. The molecule has 2 fully saturated rings. The number of benzene rings is 1. The highest BCUT2D eigenvalue weighted by molar-refractivity contribution is 5.39. The third kappa shape index (κ3) is 3.90. The number of rotatable bonds is 2. The molecule has 1 aromatic carbocycles. The summed E-state index contributed by atoms with van der Waals surface area (Å²) in [6, 6.07) is 4.51. The van der Waals surface area contributed by atoms with Gasteiger partial charge in [-0.2, -0.15) is 13.2 Å². The largest absolute Gasteiger partial charge is 0.416 e. The van der Waals surface area contributed by atoms with E-state index in [4.69, 9.17) is 0 Å². The van der Waals surface area contributed by atoms with Gasteiger partial charge in [-0.15, -0.1) is 0 Å². The van der Waals surface area contributed by atoms with Crippen LogP contribution in [0.25, 0.3) is 0 Å². The Kier molecular flexibility index (Phi) is 5.00. The van der Waals surface area contributed by atoms with Gasteiger partial charge in [-0.3, -0.25) is 0 Å². The van der Waals surface area contributed by atoms with Crippen LogP contribution >= 0.6 is 0 Å². The van der Waals surface area contributed by atoms with E-state index in [0.29, 0.717) is 17.8 Å². The van der Waals surface area contributed by atoms with E-state index < -0.39 is 11.7 Å². The summed E-state index contributed by atoms with van der Waals surface area (Å²) in [5.41, 5.74) is 1.68. The van der Waals surface area contributed by atoms with Crippen molar-refractivity contribution in [1.29, 1.82) is 0 Å². The highest BCUT2D eigenvalue weighted by Crippen LogP contribution is 2.42. The van der Waals surface area contributed by atoms with Crippen molar-refractivity contribution in [1.82, 2.24) is 5.32 Å². The van der Waals surface area contributed by atoms with Gasteiger partial charge < -0.3 is 5.32 Å². The predicted octanol–water partition coefficient (Wildman–Crippen LogP) is 5.47. The zero-order valence-electron chi connectivity index (χ0n) is 13.8. The lowest BCUT2D eigenvalue weighted by Gasteiger charge is -2.32. The first-order chi connectivity index (χ1) is 10.9. The Morgan fingerprint density at radius 1 is 0.870 bits per heavy atom. The Morgan fingerprint density at radius 3 is 2.09 bits per heavy atom. The second-order valence-electron chi connectivity index (χ2n) is 7.32. The summed E-state index contributed by atoms with van der Waals surface area (Å²) >= 11 is 0. The Bertz CT molecular complexity index is 524. The number of halogens is 3.